The Morgan fingerprint density at radius 3 is 2.86 bits per heavy atom. The van der Waals surface area contributed by atoms with Gasteiger partial charge in [-0.3, -0.25) is 4.40 Å². The number of aryl methyl sites for hydroxylation is 1. The lowest BCUT2D eigenvalue weighted by atomic mass is 10.1. The summed E-state index contributed by atoms with van der Waals surface area (Å²) in [6.07, 6.45) is 8.77. The number of fused-ring (bicyclic) bond motifs is 1. The van der Waals surface area contributed by atoms with Gasteiger partial charge in [-0.1, -0.05) is 47.5 Å². The van der Waals surface area contributed by atoms with Crippen LogP contribution in [0.25, 0.3) is 16.9 Å². The summed E-state index contributed by atoms with van der Waals surface area (Å²) in [6, 6.07) is 14.0. The number of nitrogens with zero attached hydrogens (tertiary/aromatic N) is 3. The summed E-state index contributed by atoms with van der Waals surface area (Å²) in [5.74, 6) is 2.38. The van der Waals surface area contributed by atoms with Crippen LogP contribution in [0.3, 0.4) is 0 Å². The minimum Gasteiger partial charge on any atom is -0.383 e. The largest absolute Gasteiger partial charge is 0.383 e. The third-order valence-electron chi connectivity index (χ3n) is 3.33. The standard InChI is InChI=1S/C18H15N3O/c1-3-12-22-19-13-16-17(15-9-5-4-6-10-15)20-18-14(2)8-7-11-21(16)18/h1,4-11,13H,12H2,2H3/b19-13+. The number of rotatable bonds is 4. The summed E-state index contributed by atoms with van der Waals surface area (Å²) in [5.41, 5.74) is 4.76. The third kappa shape index (κ3) is 2.57. The van der Waals surface area contributed by atoms with E-state index >= 15 is 0 Å². The molecular formula is C18H15N3O. The Kier molecular flexibility index (Phi) is 3.88. The first-order chi connectivity index (χ1) is 10.8. The van der Waals surface area contributed by atoms with Gasteiger partial charge < -0.3 is 4.84 Å². The van der Waals surface area contributed by atoms with Crippen molar-refractivity contribution in [1.29, 1.82) is 0 Å². The van der Waals surface area contributed by atoms with E-state index in [1.165, 1.54) is 0 Å². The first kappa shape index (κ1) is 13.9. The minimum atomic E-state index is 0.146. The monoisotopic (exact) mass is 289 g/mol. The second-order valence-corrected chi connectivity index (χ2v) is 4.81. The van der Waals surface area contributed by atoms with Gasteiger partial charge >= 0.3 is 0 Å². The van der Waals surface area contributed by atoms with Crippen LogP contribution < -0.4 is 0 Å². The van der Waals surface area contributed by atoms with Gasteiger partial charge in [-0.2, -0.15) is 0 Å². The lowest BCUT2D eigenvalue weighted by Gasteiger charge is -2.00. The van der Waals surface area contributed by atoms with Crippen molar-refractivity contribution in [2.75, 3.05) is 6.61 Å². The molecule has 0 bridgehead atoms. The molecule has 0 fully saturated rings. The molecule has 3 rings (SSSR count). The highest BCUT2D eigenvalue weighted by molar-refractivity contribution is 5.89. The fourth-order valence-electron chi connectivity index (χ4n) is 2.32. The van der Waals surface area contributed by atoms with Crippen LogP contribution >= 0.6 is 0 Å². The van der Waals surface area contributed by atoms with Gasteiger partial charge in [-0.15, -0.1) is 6.42 Å². The first-order valence-electron chi connectivity index (χ1n) is 6.93. The van der Waals surface area contributed by atoms with Crippen LogP contribution in [0, 0.1) is 19.3 Å². The van der Waals surface area contributed by atoms with Crippen molar-refractivity contribution in [2.24, 2.45) is 5.16 Å². The number of hydrogen-bond donors (Lipinski definition) is 0. The normalized spacial score (nSPS) is 10.9. The van der Waals surface area contributed by atoms with Crippen LogP contribution in [0.1, 0.15) is 11.3 Å². The van der Waals surface area contributed by atoms with E-state index < -0.39 is 0 Å². The minimum absolute atomic E-state index is 0.146. The van der Waals surface area contributed by atoms with Gasteiger partial charge in [-0.05, 0) is 18.6 Å². The molecular weight excluding hydrogens is 274 g/mol. The molecule has 108 valence electrons. The number of hydrogen-bond acceptors (Lipinski definition) is 3. The number of imidazole rings is 1. The van der Waals surface area contributed by atoms with E-state index in [4.69, 9.17) is 16.2 Å². The predicted octanol–water partition coefficient (Wildman–Crippen LogP) is 3.29. The zero-order chi connectivity index (χ0) is 15.4. The van der Waals surface area contributed by atoms with E-state index in [1.54, 1.807) is 6.21 Å². The summed E-state index contributed by atoms with van der Waals surface area (Å²) in [4.78, 5) is 9.78. The highest BCUT2D eigenvalue weighted by atomic mass is 16.6. The van der Waals surface area contributed by atoms with Crippen molar-refractivity contribution in [3.63, 3.8) is 0 Å². The summed E-state index contributed by atoms with van der Waals surface area (Å²) in [7, 11) is 0. The van der Waals surface area contributed by atoms with Gasteiger partial charge in [0.2, 0.25) is 0 Å². The summed E-state index contributed by atoms with van der Waals surface area (Å²) >= 11 is 0. The van der Waals surface area contributed by atoms with Crippen LogP contribution in [0.15, 0.2) is 53.8 Å². The molecule has 2 heterocycles. The van der Waals surface area contributed by atoms with E-state index in [0.29, 0.717) is 0 Å². The fourth-order valence-corrected chi connectivity index (χ4v) is 2.32. The zero-order valence-electron chi connectivity index (χ0n) is 12.2. The average molecular weight is 289 g/mol. The molecule has 0 N–H and O–H groups in total. The molecule has 4 heteroatoms. The number of terminal acetylenes is 1. The fraction of sp³-hybridized carbons (Fsp3) is 0.111. The molecule has 22 heavy (non-hydrogen) atoms. The van der Waals surface area contributed by atoms with Crippen molar-refractivity contribution in [1.82, 2.24) is 9.38 Å². The molecule has 0 atom stereocenters. The highest BCUT2D eigenvalue weighted by Crippen LogP contribution is 2.24. The van der Waals surface area contributed by atoms with E-state index in [0.717, 1.165) is 28.2 Å². The van der Waals surface area contributed by atoms with E-state index in [1.807, 2.05) is 60.0 Å². The molecule has 0 amide bonds. The van der Waals surface area contributed by atoms with Crippen LogP contribution in [-0.4, -0.2) is 22.2 Å². The highest BCUT2D eigenvalue weighted by Gasteiger charge is 2.13. The van der Waals surface area contributed by atoms with E-state index in [-0.39, 0.29) is 6.61 Å². The topological polar surface area (TPSA) is 38.9 Å². The third-order valence-corrected chi connectivity index (χ3v) is 3.33. The zero-order valence-corrected chi connectivity index (χ0v) is 12.2. The van der Waals surface area contributed by atoms with Gasteiger partial charge in [0, 0.05) is 11.8 Å². The Hall–Kier alpha value is -3.06. The van der Waals surface area contributed by atoms with Crippen LogP contribution in [0.4, 0.5) is 0 Å². The molecule has 1 aromatic carbocycles. The molecule has 0 aliphatic heterocycles. The Balaban J connectivity index is 2.16. The Morgan fingerprint density at radius 2 is 2.09 bits per heavy atom. The summed E-state index contributed by atoms with van der Waals surface area (Å²) < 4.78 is 2.00. The molecule has 3 aromatic rings. The smallest absolute Gasteiger partial charge is 0.177 e. The Morgan fingerprint density at radius 1 is 1.27 bits per heavy atom. The van der Waals surface area contributed by atoms with E-state index in [2.05, 4.69) is 11.1 Å². The molecule has 0 saturated carbocycles. The van der Waals surface area contributed by atoms with Crippen molar-refractivity contribution in [3.05, 3.63) is 59.9 Å². The average Bonchev–Trinajstić information content (AvgIpc) is 2.93. The predicted molar refractivity (Wildman–Crippen MR) is 87.7 cm³/mol. The lowest BCUT2D eigenvalue weighted by Crippen LogP contribution is -1.95. The van der Waals surface area contributed by atoms with Crippen LogP contribution in [0.5, 0.6) is 0 Å². The number of benzene rings is 1. The SMILES string of the molecule is C#CCO/N=C/c1c(-c2ccccc2)nc2c(C)cccn12. The number of oxime groups is 1. The molecule has 4 nitrogen and oxygen atoms in total. The van der Waals surface area contributed by atoms with Crippen LogP contribution in [0.2, 0.25) is 0 Å². The van der Waals surface area contributed by atoms with Gasteiger partial charge in [0.05, 0.1) is 17.6 Å². The molecule has 0 aliphatic carbocycles. The quantitative estimate of drug-likeness (QED) is 0.320. The molecule has 0 radical (unpaired) electrons. The number of aromatic nitrogens is 2. The van der Waals surface area contributed by atoms with Crippen LogP contribution in [-0.2, 0) is 4.84 Å². The summed E-state index contributed by atoms with van der Waals surface area (Å²) in [6.45, 7) is 2.18. The van der Waals surface area contributed by atoms with E-state index in [9.17, 15) is 0 Å². The molecule has 2 aromatic heterocycles. The molecule has 0 saturated heterocycles. The summed E-state index contributed by atoms with van der Waals surface area (Å²) in [5, 5.41) is 3.94. The first-order valence-corrected chi connectivity index (χ1v) is 6.93. The van der Waals surface area contributed by atoms with Crippen molar-refractivity contribution in [2.45, 2.75) is 6.92 Å². The molecule has 0 unspecified atom stereocenters. The second kappa shape index (κ2) is 6.15. The Bertz CT molecular complexity index is 857. The van der Waals surface area contributed by atoms with Gasteiger partial charge in [0.25, 0.3) is 0 Å². The maximum Gasteiger partial charge on any atom is 0.177 e. The van der Waals surface area contributed by atoms with Crippen molar-refractivity contribution in [3.8, 4) is 23.6 Å². The molecule has 0 spiro atoms. The second-order valence-electron chi connectivity index (χ2n) is 4.81. The molecule has 0 aliphatic rings. The number of pyridine rings is 1. The maximum absolute atomic E-state index is 5.15. The van der Waals surface area contributed by atoms with Gasteiger partial charge in [0.15, 0.2) is 6.61 Å². The maximum atomic E-state index is 5.15. The van der Waals surface area contributed by atoms with Crippen molar-refractivity contribution >= 4 is 11.9 Å². The van der Waals surface area contributed by atoms with Gasteiger partial charge in [-0.25, -0.2) is 4.98 Å². The Labute approximate surface area is 129 Å². The van der Waals surface area contributed by atoms with Gasteiger partial charge in [0.1, 0.15) is 5.65 Å². The van der Waals surface area contributed by atoms with Crippen molar-refractivity contribution < 1.29 is 4.84 Å². The lowest BCUT2D eigenvalue weighted by molar-refractivity contribution is 0.181.